The number of ether oxygens (including phenoxy) is 9. The maximum Gasteiger partial charge on any atom is 0.397 e. The molecular formula is C30H50N2O37S5. The molecule has 4 aliphatic heterocycles. The van der Waals surface area contributed by atoms with Gasteiger partial charge in [-0.15, -0.1) is 0 Å². The minimum absolute atomic E-state index is 0.233. The quantitative estimate of drug-likeness (QED) is 0.0378. The lowest BCUT2D eigenvalue weighted by Gasteiger charge is -2.50. The second-order valence-corrected chi connectivity index (χ2v) is 20.9. The number of amides is 1. The zero-order valence-electron chi connectivity index (χ0n) is 37.5. The summed E-state index contributed by atoms with van der Waals surface area (Å²) in [5, 5.41) is 67.1. The number of aliphatic hydroxyl groups is 4. The predicted octanol–water partition coefficient (Wildman–Crippen LogP) is -8.62. The average molecular weight is 1190 g/mol. The van der Waals surface area contributed by atoms with E-state index in [1.807, 2.05) is 0 Å². The van der Waals surface area contributed by atoms with Gasteiger partial charge in [0.2, 0.25) is 5.91 Å². The summed E-state index contributed by atoms with van der Waals surface area (Å²) in [5.74, 6) is -5.19. The molecular weight excluding hydrogens is 1140 g/mol. The maximum atomic E-state index is 12.9. The highest BCUT2D eigenvalue weighted by Gasteiger charge is 2.60. The van der Waals surface area contributed by atoms with E-state index in [2.05, 4.69) is 22.0 Å². The molecule has 0 radical (unpaired) electrons. The van der Waals surface area contributed by atoms with E-state index in [-0.39, 0.29) is 6.61 Å². The summed E-state index contributed by atoms with van der Waals surface area (Å²) in [7, 11) is -29.0. The minimum Gasteiger partial charge on any atom is -0.479 e. The number of carbonyl (C=O) groups excluding carboxylic acids is 1. The van der Waals surface area contributed by atoms with Crippen molar-refractivity contribution in [3.63, 3.8) is 0 Å². The summed E-state index contributed by atoms with van der Waals surface area (Å²) in [6, 6.07) is -4.68. The number of carboxylic acid groups (broad SMARTS) is 2. The first-order valence-electron chi connectivity index (χ1n) is 20.4. The molecule has 4 saturated heterocycles. The van der Waals surface area contributed by atoms with Gasteiger partial charge in [-0.2, -0.15) is 46.8 Å². The fourth-order valence-corrected chi connectivity index (χ4v) is 10.1. The zero-order valence-corrected chi connectivity index (χ0v) is 41.5. The fraction of sp³-hybridized carbons (Fsp3) is 0.900. The average Bonchev–Trinajstić information content (AvgIpc) is 3.23. The van der Waals surface area contributed by atoms with Crippen LogP contribution in [-0.2, 0) is 126 Å². The molecule has 0 saturated carbocycles. The first-order valence-corrected chi connectivity index (χ1v) is 27.3. The summed E-state index contributed by atoms with van der Waals surface area (Å²) < 4.78 is 237. The van der Waals surface area contributed by atoms with Crippen molar-refractivity contribution in [2.45, 2.75) is 143 Å². The monoisotopic (exact) mass is 1190 g/mol. The molecule has 0 aromatic rings. The van der Waals surface area contributed by atoms with E-state index in [0.29, 0.717) is 0 Å². The van der Waals surface area contributed by atoms with E-state index in [9.17, 15) is 110 Å². The molecule has 4 rings (SSSR count). The molecule has 4 heterocycles. The molecule has 20 unspecified atom stereocenters. The van der Waals surface area contributed by atoms with Crippen LogP contribution >= 0.6 is 0 Å². The molecule has 0 aromatic carbocycles. The third-order valence-corrected chi connectivity index (χ3v) is 12.7. The van der Waals surface area contributed by atoms with E-state index >= 15 is 0 Å². The topological polar surface area (TPSA) is 588 Å². The first kappa shape index (κ1) is 63.8. The van der Waals surface area contributed by atoms with Crippen LogP contribution in [0.25, 0.3) is 0 Å². The van der Waals surface area contributed by atoms with Crippen LogP contribution in [0.5, 0.6) is 0 Å². The van der Waals surface area contributed by atoms with Gasteiger partial charge in [0, 0.05) is 20.1 Å². The van der Waals surface area contributed by atoms with Gasteiger partial charge in [0.05, 0.1) is 13.2 Å². The molecule has 44 heteroatoms. The predicted molar refractivity (Wildman–Crippen MR) is 220 cm³/mol. The lowest BCUT2D eigenvalue weighted by molar-refractivity contribution is -0.367. The van der Waals surface area contributed by atoms with Crippen molar-refractivity contribution in [2.75, 3.05) is 26.4 Å². The summed E-state index contributed by atoms with van der Waals surface area (Å²) in [6.45, 7) is -0.0267. The van der Waals surface area contributed by atoms with Crippen molar-refractivity contribution in [1.82, 2.24) is 10.0 Å². The van der Waals surface area contributed by atoms with Gasteiger partial charge in [-0.25, -0.2) is 26.3 Å². The van der Waals surface area contributed by atoms with Crippen LogP contribution < -0.4 is 10.0 Å². The van der Waals surface area contributed by atoms with Gasteiger partial charge in [-0.3, -0.25) is 27.6 Å². The summed E-state index contributed by atoms with van der Waals surface area (Å²) in [5.41, 5.74) is 0. The Hall–Kier alpha value is -2.76. The van der Waals surface area contributed by atoms with Gasteiger partial charge in [0.1, 0.15) is 73.1 Å². The van der Waals surface area contributed by atoms with Crippen LogP contribution in [-0.4, -0.2) is 262 Å². The van der Waals surface area contributed by atoms with Crippen LogP contribution in [0.15, 0.2) is 0 Å². The molecule has 0 bridgehead atoms. The van der Waals surface area contributed by atoms with Crippen LogP contribution in [0.4, 0.5) is 0 Å². The number of carboxylic acids is 2. The lowest BCUT2D eigenvalue weighted by Crippen LogP contribution is -2.71. The fourth-order valence-electron chi connectivity index (χ4n) is 7.70. The molecule has 1 amide bonds. The Labute approximate surface area is 417 Å². The second-order valence-electron chi connectivity index (χ2n) is 15.5. The van der Waals surface area contributed by atoms with Crippen molar-refractivity contribution < 1.29 is 169 Å². The Balaban J connectivity index is 1.84. The standard InChI is InChI=1S/C30H50N2O37S5/c1-4-57-19-14(36)21(68-73(51,52)53)30(65-23(19)25(38)39)63-17-9(6-33)60-28(12(32-70(42,43)44)18(17)67-72(48,49)50)64-20-15(37)22(69-74(54,55)56)29(66-24(20)26(40)41)62-16-10(7-59-71(45,46)47)61-27(58-5-2)11(13(16)35)31-8(3)34/h9-24,27-30,32-33,35-37H,4-7H2,1-3H3,(H,31,34)(H,38,39)(H,40,41)(H,42,43,44)(H,45,46,47)(H,48,49,50)(H,51,52,53)(H,54,55,56). The number of hydrogen-bond acceptors (Lipinski definition) is 30. The molecule has 432 valence electrons. The van der Waals surface area contributed by atoms with Gasteiger partial charge in [-0.1, -0.05) is 0 Å². The summed E-state index contributed by atoms with van der Waals surface area (Å²) in [4.78, 5) is 37.2. The van der Waals surface area contributed by atoms with Gasteiger partial charge in [0.25, 0.3) is 0 Å². The highest BCUT2D eigenvalue weighted by Crippen LogP contribution is 2.38. The molecule has 0 spiro atoms. The van der Waals surface area contributed by atoms with Crippen molar-refractivity contribution in [2.24, 2.45) is 0 Å². The molecule has 4 aliphatic rings. The lowest BCUT2D eigenvalue weighted by atomic mass is 9.94. The second kappa shape index (κ2) is 25.4. The van der Waals surface area contributed by atoms with Crippen molar-refractivity contribution in [3.8, 4) is 0 Å². The van der Waals surface area contributed by atoms with E-state index < -0.39 is 212 Å². The molecule has 20 atom stereocenters. The largest absolute Gasteiger partial charge is 0.479 e. The van der Waals surface area contributed by atoms with E-state index in [0.717, 1.165) is 6.92 Å². The number of aliphatic carboxylic acids is 2. The normalized spacial score (nSPS) is 37.7. The Morgan fingerprint density at radius 1 is 0.514 bits per heavy atom. The minimum atomic E-state index is -6.07. The number of rotatable bonds is 25. The molecule has 4 fully saturated rings. The number of hydrogen-bond donors (Lipinski definition) is 13. The SMILES string of the molecule is CCOC1OC(COS(=O)(=O)O)C(OC2OC(C(=O)O)C(OC3OC(CO)C(OC4OC(C(=O)O)C(OCC)C(O)C4OS(=O)(=O)O)C(OS(=O)(=O)O)C3NS(=O)(=O)O)C(O)C2OS(=O)(=O)O)C(O)C1NC(C)=O. The highest BCUT2D eigenvalue weighted by atomic mass is 32.3. The van der Waals surface area contributed by atoms with Crippen LogP contribution in [0, 0.1) is 0 Å². The van der Waals surface area contributed by atoms with E-state index in [4.69, 9.17) is 42.6 Å². The van der Waals surface area contributed by atoms with E-state index in [1.165, 1.54) is 18.6 Å². The number of nitrogens with one attached hydrogen (secondary N) is 2. The maximum absolute atomic E-state index is 12.9. The van der Waals surface area contributed by atoms with Crippen LogP contribution in [0.1, 0.15) is 20.8 Å². The Morgan fingerprint density at radius 3 is 1.39 bits per heavy atom. The number of carbonyl (C=O) groups is 3. The van der Waals surface area contributed by atoms with Crippen molar-refractivity contribution in [3.05, 3.63) is 0 Å². The molecule has 0 aromatic heterocycles. The number of aliphatic hydroxyl groups excluding tert-OH is 4. The Morgan fingerprint density at radius 2 is 0.959 bits per heavy atom. The first-order chi connectivity index (χ1) is 33.9. The Bertz CT molecular complexity index is 2520. The van der Waals surface area contributed by atoms with Crippen molar-refractivity contribution >= 4 is 69.7 Å². The van der Waals surface area contributed by atoms with Gasteiger partial charge < -0.3 is 78.6 Å². The van der Waals surface area contributed by atoms with Crippen LogP contribution in [0.2, 0.25) is 0 Å². The van der Waals surface area contributed by atoms with Crippen LogP contribution in [0.3, 0.4) is 0 Å². The summed E-state index contributed by atoms with van der Waals surface area (Å²) in [6.07, 6.45) is -46.5. The smallest absolute Gasteiger partial charge is 0.397 e. The van der Waals surface area contributed by atoms with Gasteiger partial charge in [-0.05, 0) is 13.8 Å². The van der Waals surface area contributed by atoms with Gasteiger partial charge >= 0.3 is 63.8 Å². The summed E-state index contributed by atoms with van der Waals surface area (Å²) >= 11 is 0. The Kier molecular flexibility index (Phi) is 21.9. The molecule has 13 N–H and O–H groups in total. The third kappa shape index (κ3) is 17.6. The molecule has 0 aliphatic carbocycles. The molecule has 74 heavy (non-hydrogen) atoms. The van der Waals surface area contributed by atoms with Crippen molar-refractivity contribution in [1.29, 1.82) is 0 Å². The third-order valence-electron chi connectivity index (χ3n) is 10.3. The van der Waals surface area contributed by atoms with E-state index in [1.54, 1.807) is 0 Å². The zero-order chi connectivity index (χ0) is 56.2. The van der Waals surface area contributed by atoms with Gasteiger partial charge in [0.15, 0.2) is 49.6 Å². The highest BCUT2D eigenvalue weighted by molar-refractivity contribution is 7.83. The molecule has 39 nitrogen and oxygen atoms in total.